The molecular formula is C14H19FN4S. The molecule has 1 atom stereocenters. The van der Waals surface area contributed by atoms with Crippen molar-refractivity contribution in [2.75, 3.05) is 6.54 Å². The van der Waals surface area contributed by atoms with Crippen LogP contribution in [0.3, 0.4) is 0 Å². The lowest BCUT2D eigenvalue weighted by molar-refractivity contribution is 0.589. The van der Waals surface area contributed by atoms with E-state index in [2.05, 4.69) is 9.36 Å². The first-order valence-corrected chi connectivity index (χ1v) is 7.47. The Morgan fingerprint density at radius 1 is 1.30 bits per heavy atom. The van der Waals surface area contributed by atoms with E-state index >= 15 is 0 Å². The lowest BCUT2D eigenvalue weighted by Crippen LogP contribution is -2.29. The highest BCUT2D eigenvalue weighted by molar-refractivity contribution is 7.05. The Morgan fingerprint density at radius 2 is 2.10 bits per heavy atom. The Kier molecular flexibility index (Phi) is 5.58. The van der Waals surface area contributed by atoms with E-state index in [1.165, 1.54) is 17.6 Å². The zero-order valence-corrected chi connectivity index (χ0v) is 12.1. The van der Waals surface area contributed by atoms with E-state index < -0.39 is 0 Å². The summed E-state index contributed by atoms with van der Waals surface area (Å²) in [4.78, 5) is 4.44. The van der Waals surface area contributed by atoms with Crippen LogP contribution in [0.2, 0.25) is 0 Å². The summed E-state index contributed by atoms with van der Waals surface area (Å²) >= 11 is 1.38. The highest BCUT2D eigenvalue weighted by Crippen LogP contribution is 2.14. The quantitative estimate of drug-likeness (QED) is 0.817. The van der Waals surface area contributed by atoms with Crippen molar-refractivity contribution in [2.45, 2.75) is 31.7 Å². The van der Waals surface area contributed by atoms with Crippen molar-refractivity contribution in [3.63, 3.8) is 0 Å². The number of hydrogen-bond donors (Lipinski definition) is 2. The minimum Gasteiger partial charge on any atom is -0.329 e. The van der Waals surface area contributed by atoms with E-state index in [1.807, 2.05) is 6.07 Å². The zero-order chi connectivity index (χ0) is 14.4. The van der Waals surface area contributed by atoms with Gasteiger partial charge in [0.05, 0.1) is 0 Å². The molecule has 1 aromatic heterocycles. The van der Waals surface area contributed by atoms with Gasteiger partial charge >= 0.3 is 0 Å². The van der Waals surface area contributed by atoms with E-state index in [9.17, 15) is 4.39 Å². The van der Waals surface area contributed by atoms with E-state index in [4.69, 9.17) is 11.5 Å². The van der Waals surface area contributed by atoms with Crippen LogP contribution in [0.4, 0.5) is 4.39 Å². The molecule has 0 aliphatic carbocycles. The maximum absolute atomic E-state index is 13.5. The molecule has 6 heteroatoms. The van der Waals surface area contributed by atoms with Gasteiger partial charge in [0.2, 0.25) is 0 Å². The first-order chi connectivity index (χ1) is 9.69. The summed E-state index contributed by atoms with van der Waals surface area (Å²) in [5, 5.41) is 0.973. The Bertz CT molecular complexity index is 543. The summed E-state index contributed by atoms with van der Waals surface area (Å²) < 4.78 is 17.8. The lowest BCUT2D eigenvalue weighted by Gasteiger charge is -2.06. The number of nitrogens with zero attached hydrogens (tertiary/aromatic N) is 2. The largest absolute Gasteiger partial charge is 0.329 e. The van der Waals surface area contributed by atoms with Gasteiger partial charge in [-0.2, -0.15) is 4.37 Å². The molecule has 0 radical (unpaired) electrons. The minimum atomic E-state index is -0.210. The molecule has 4 nitrogen and oxygen atoms in total. The second-order valence-electron chi connectivity index (χ2n) is 4.76. The number of hydrogen-bond acceptors (Lipinski definition) is 5. The first-order valence-electron chi connectivity index (χ1n) is 6.69. The van der Waals surface area contributed by atoms with Crippen LogP contribution in [-0.2, 0) is 12.8 Å². The van der Waals surface area contributed by atoms with Crippen LogP contribution in [0.5, 0.6) is 0 Å². The second-order valence-corrected chi connectivity index (χ2v) is 5.60. The average molecular weight is 294 g/mol. The molecule has 1 heterocycles. The van der Waals surface area contributed by atoms with Gasteiger partial charge in [0, 0.05) is 25.4 Å². The number of aryl methyl sites for hydroxylation is 1. The van der Waals surface area contributed by atoms with Gasteiger partial charge < -0.3 is 11.5 Å². The standard InChI is InChI=1S/C14H19FN4S/c15-12-6-2-1-4-10(12)8-13-18-14(20-19-13)7-3-5-11(17)9-16/h1-2,4,6,11H,3,5,7-9,16-17H2. The van der Waals surface area contributed by atoms with Gasteiger partial charge in [-0.1, -0.05) is 18.2 Å². The summed E-state index contributed by atoms with van der Waals surface area (Å²) in [5.74, 6) is 0.469. The third-order valence-corrected chi connectivity index (χ3v) is 3.89. The molecule has 0 bridgehead atoms. The molecule has 0 saturated carbocycles. The van der Waals surface area contributed by atoms with Crippen LogP contribution in [0.15, 0.2) is 24.3 Å². The third-order valence-electron chi connectivity index (χ3n) is 3.08. The SMILES string of the molecule is NCC(N)CCCc1nc(Cc2ccccc2F)ns1. The van der Waals surface area contributed by atoms with Gasteiger partial charge in [-0.3, -0.25) is 0 Å². The van der Waals surface area contributed by atoms with Crippen molar-refractivity contribution in [3.05, 3.63) is 46.5 Å². The highest BCUT2D eigenvalue weighted by Gasteiger charge is 2.08. The number of rotatable bonds is 7. The van der Waals surface area contributed by atoms with Crippen molar-refractivity contribution < 1.29 is 4.39 Å². The molecule has 0 spiro atoms. The summed E-state index contributed by atoms with van der Waals surface area (Å²) in [6, 6.07) is 6.77. The van der Waals surface area contributed by atoms with Crippen LogP contribution >= 0.6 is 11.5 Å². The normalized spacial score (nSPS) is 12.6. The molecule has 0 saturated heterocycles. The van der Waals surface area contributed by atoms with Crippen LogP contribution in [-0.4, -0.2) is 21.9 Å². The fraction of sp³-hybridized carbons (Fsp3) is 0.429. The highest BCUT2D eigenvalue weighted by atomic mass is 32.1. The summed E-state index contributed by atoms with van der Waals surface area (Å²) in [6.07, 6.45) is 3.12. The number of nitrogens with two attached hydrogens (primary N) is 2. The summed E-state index contributed by atoms with van der Waals surface area (Å²) in [7, 11) is 0. The molecule has 1 aromatic carbocycles. The van der Waals surface area contributed by atoms with Gasteiger partial charge in [0.15, 0.2) is 0 Å². The fourth-order valence-electron chi connectivity index (χ4n) is 1.91. The topological polar surface area (TPSA) is 77.8 Å². The Morgan fingerprint density at radius 3 is 2.85 bits per heavy atom. The van der Waals surface area contributed by atoms with Crippen molar-refractivity contribution in [1.29, 1.82) is 0 Å². The molecule has 2 rings (SSSR count). The maximum atomic E-state index is 13.5. The van der Waals surface area contributed by atoms with E-state index in [1.54, 1.807) is 12.1 Å². The van der Waals surface area contributed by atoms with Gasteiger partial charge in [-0.05, 0) is 36.0 Å². The molecular weight excluding hydrogens is 275 g/mol. The van der Waals surface area contributed by atoms with Crippen LogP contribution < -0.4 is 11.5 Å². The lowest BCUT2D eigenvalue weighted by atomic mass is 10.1. The van der Waals surface area contributed by atoms with Crippen molar-refractivity contribution in [1.82, 2.24) is 9.36 Å². The predicted molar refractivity (Wildman–Crippen MR) is 79.1 cm³/mol. The number of halogens is 1. The maximum Gasteiger partial charge on any atom is 0.147 e. The Balaban J connectivity index is 1.88. The summed E-state index contributed by atoms with van der Waals surface area (Å²) in [5.41, 5.74) is 11.9. The monoisotopic (exact) mass is 294 g/mol. The molecule has 1 unspecified atom stereocenters. The molecule has 2 aromatic rings. The van der Waals surface area contributed by atoms with Gasteiger partial charge in [0.1, 0.15) is 16.6 Å². The van der Waals surface area contributed by atoms with Crippen LogP contribution in [0, 0.1) is 5.82 Å². The average Bonchev–Trinajstić information content (AvgIpc) is 2.89. The van der Waals surface area contributed by atoms with Crippen molar-refractivity contribution in [2.24, 2.45) is 11.5 Å². The van der Waals surface area contributed by atoms with Crippen LogP contribution in [0.25, 0.3) is 0 Å². The van der Waals surface area contributed by atoms with Gasteiger partial charge in [0.25, 0.3) is 0 Å². The first kappa shape index (κ1) is 15.0. The van der Waals surface area contributed by atoms with E-state index in [0.717, 1.165) is 24.3 Å². The third kappa shape index (κ3) is 4.33. The van der Waals surface area contributed by atoms with Gasteiger partial charge in [-0.25, -0.2) is 9.37 Å². The van der Waals surface area contributed by atoms with E-state index in [0.29, 0.717) is 24.4 Å². The molecule has 108 valence electrons. The van der Waals surface area contributed by atoms with Gasteiger partial charge in [-0.15, -0.1) is 0 Å². The molecule has 0 fully saturated rings. The number of benzene rings is 1. The molecule has 4 N–H and O–H groups in total. The second kappa shape index (κ2) is 7.42. The molecule has 0 aliphatic rings. The zero-order valence-electron chi connectivity index (χ0n) is 11.3. The summed E-state index contributed by atoms with van der Waals surface area (Å²) in [6.45, 7) is 0.509. The van der Waals surface area contributed by atoms with E-state index in [-0.39, 0.29) is 11.9 Å². The predicted octanol–water partition coefficient (Wildman–Crippen LogP) is 1.88. The Hall–Kier alpha value is -1.37. The molecule has 0 amide bonds. The Labute approximate surface area is 122 Å². The number of aromatic nitrogens is 2. The molecule has 0 aliphatic heterocycles. The van der Waals surface area contributed by atoms with Crippen molar-refractivity contribution >= 4 is 11.5 Å². The smallest absolute Gasteiger partial charge is 0.147 e. The van der Waals surface area contributed by atoms with Crippen LogP contribution in [0.1, 0.15) is 29.2 Å². The fourth-order valence-corrected chi connectivity index (χ4v) is 2.61. The molecule has 20 heavy (non-hydrogen) atoms. The van der Waals surface area contributed by atoms with Crippen molar-refractivity contribution in [3.8, 4) is 0 Å². The minimum absolute atomic E-state index is 0.0563.